The zero-order valence-corrected chi connectivity index (χ0v) is 10.2. The van der Waals surface area contributed by atoms with Gasteiger partial charge in [0.1, 0.15) is 5.75 Å². The van der Waals surface area contributed by atoms with Crippen molar-refractivity contribution >= 4 is 15.9 Å². The molecule has 2 nitrogen and oxygen atoms in total. The van der Waals surface area contributed by atoms with Crippen molar-refractivity contribution in [2.45, 2.75) is 19.8 Å². The zero-order chi connectivity index (χ0) is 10.6. The van der Waals surface area contributed by atoms with Crippen LogP contribution in [0.3, 0.4) is 0 Å². The van der Waals surface area contributed by atoms with Crippen LogP contribution in [0, 0.1) is 6.92 Å². The van der Waals surface area contributed by atoms with E-state index in [1.165, 1.54) is 11.1 Å². The summed E-state index contributed by atoms with van der Waals surface area (Å²) >= 11 is 3.51. The van der Waals surface area contributed by atoms with Crippen LogP contribution in [-0.4, -0.2) is 13.7 Å². The summed E-state index contributed by atoms with van der Waals surface area (Å²) in [5.74, 6) is 0.958. The molecule has 0 aliphatic heterocycles. The van der Waals surface area contributed by atoms with Crippen molar-refractivity contribution in [3.05, 3.63) is 27.7 Å². The summed E-state index contributed by atoms with van der Waals surface area (Å²) < 4.78 is 6.45. The molecule has 0 unspecified atom stereocenters. The molecular weight excluding hydrogens is 242 g/mol. The van der Waals surface area contributed by atoms with Gasteiger partial charge in [0.25, 0.3) is 0 Å². The molecule has 0 radical (unpaired) electrons. The molecule has 0 bridgehead atoms. The molecule has 3 heteroatoms. The maximum atomic E-state index is 5.48. The molecule has 2 N–H and O–H groups in total. The molecule has 0 aliphatic rings. The highest BCUT2D eigenvalue weighted by molar-refractivity contribution is 9.10. The summed E-state index contributed by atoms with van der Waals surface area (Å²) in [6.45, 7) is 2.77. The molecule has 1 rings (SSSR count). The third kappa shape index (κ3) is 2.72. The van der Waals surface area contributed by atoms with Crippen molar-refractivity contribution in [2.75, 3.05) is 13.7 Å². The number of methoxy groups -OCH3 is 1. The smallest absolute Gasteiger partial charge is 0.122 e. The van der Waals surface area contributed by atoms with Gasteiger partial charge in [-0.1, -0.05) is 15.9 Å². The van der Waals surface area contributed by atoms with E-state index in [-0.39, 0.29) is 0 Å². The van der Waals surface area contributed by atoms with E-state index >= 15 is 0 Å². The van der Waals surface area contributed by atoms with Crippen molar-refractivity contribution in [1.82, 2.24) is 0 Å². The maximum absolute atomic E-state index is 5.48. The molecule has 0 saturated carbocycles. The summed E-state index contributed by atoms with van der Waals surface area (Å²) in [6, 6.07) is 4.17. The van der Waals surface area contributed by atoms with Gasteiger partial charge in [-0.15, -0.1) is 0 Å². The molecule has 0 aromatic heterocycles. The minimum absolute atomic E-state index is 0.717. The number of benzene rings is 1. The number of halogens is 1. The lowest BCUT2D eigenvalue weighted by molar-refractivity contribution is 0.409. The Hall–Kier alpha value is -0.540. The van der Waals surface area contributed by atoms with Gasteiger partial charge in [-0.25, -0.2) is 0 Å². The normalized spacial score (nSPS) is 10.3. The van der Waals surface area contributed by atoms with E-state index in [1.54, 1.807) is 7.11 Å². The molecule has 0 spiro atoms. The second-order valence-electron chi connectivity index (χ2n) is 3.31. The fourth-order valence-electron chi connectivity index (χ4n) is 1.37. The standard InChI is InChI=1S/C11H16BrNO/c1-8-6-11(14-2)9(4-3-5-13)7-10(8)12/h6-7H,3-5,13H2,1-2H3. The highest BCUT2D eigenvalue weighted by Gasteiger charge is 2.05. The number of nitrogens with two attached hydrogens (primary N) is 1. The van der Waals surface area contributed by atoms with Gasteiger partial charge in [0.05, 0.1) is 7.11 Å². The highest BCUT2D eigenvalue weighted by atomic mass is 79.9. The summed E-state index contributed by atoms with van der Waals surface area (Å²) in [6.07, 6.45) is 1.96. The van der Waals surface area contributed by atoms with Crippen LogP contribution in [0.1, 0.15) is 17.5 Å². The van der Waals surface area contributed by atoms with Gasteiger partial charge in [0.15, 0.2) is 0 Å². The summed E-state index contributed by atoms with van der Waals surface area (Å²) in [5, 5.41) is 0. The fraction of sp³-hybridized carbons (Fsp3) is 0.455. The quantitative estimate of drug-likeness (QED) is 0.901. The Kier molecular flexibility index (Phi) is 4.42. The van der Waals surface area contributed by atoms with Crippen molar-refractivity contribution in [2.24, 2.45) is 5.73 Å². The van der Waals surface area contributed by atoms with Crippen molar-refractivity contribution in [3.8, 4) is 5.75 Å². The number of ether oxygens (including phenoxy) is 1. The lowest BCUT2D eigenvalue weighted by Crippen LogP contribution is -2.02. The molecule has 1 aromatic rings. The molecule has 1 aromatic carbocycles. The topological polar surface area (TPSA) is 35.2 Å². The lowest BCUT2D eigenvalue weighted by atomic mass is 10.1. The van der Waals surface area contributed by atoms with Crippen molar-refractivity contribution in [1.29, 1.82) is 0 Å². The van der Waals surface area contributed by atoms with Gasteiger partial charge >= 0.3 is 0 Å². The lowest BCUT2D eigenvalue weighted by Gasteiger charge is -2.10. The Morgan fingerprint density at radius 1 is 1.43 bits per heavy atom. The van der Waals surface area contributed by atoms with E-state index in [0.29, 0.717) is 6.54 Å². The second-order valence-corrected chi connectivity index (χ2v) is 4.16. The molecule has 78 valence electrons. The number of hydrogen-bond donors (Lipinski definition) is 1. The molecule has 0 heterocycles. The first-order valence-electron chi connectivity index (χ1n) is 4.72. The Bertz CT molecular complexity index is 312. The van der Waals surface area contributed by atoms with Crippen LogP contribution in [0.2, 0.25) is 0 Å². The van der Waals surface area contributed by atoms with Crippen LogP contribution in [0.4, 0.5) is 0 Å². The van der Waals surface area contributed by atoms with Crippen molar-refractivity contribution in [3.63, 3.8) is 0 Å². The van der Waals surface area contributed by atoms with Crippen LogP contribution in [-0.2, 0) is 6.42 Å². The van der Waals surface area contributed by atoms with E-state index < -0.39 is 0 Å². The molecular formula is C11H16BrNO. The van der Waals surface area contributed by atoms with Crippen molar-refractivity contribution < 1.29 is 4.74 Å². The maximum Gasteiger partial charge on any atom is 0.122 e. The first-order chi connectivity index (χ1) is 6.69. The molecule has 0 aliphatic carbocycles. The van der Waals surface area contributed by atoms with Crippen LogP contribution < -0.4 is 10.5 Å². The Labute approximate surface area is 93.6 Å². The zero-order valence-electron chi connectivity index (χ0n) is 8.64. The van der Waals surface area contributed by atoms with Crippen LogP contribution in [0.15, 0.2) is 16.6 Å². The molecule has 0 amide bonds. The fourth-order valence-corrected chi connectivity index (χ4v) is 1.76. The van der Waals surface area contributed by atoms with Crippen LogP contribution in [0.25, 0.3) is 0 Å². The van der Waals surface area contributed by atoms with Crippen LogP contribution in [0.5, 0.6) is 5.75 Å². The second kappa shape index (κ2) is 5.37. The Morgan fingerprint density at radius 3 is 2.71 bits per heavy atom. The summed E-state index contributed by atoms with van der Waals surface area (Å²) in [7, 11) is 1.70. The van der Waals surface area contributed by atoms with Gasteiger partial charge in [0, 0.05) is 4.47 Å². The predicted molar refractivity (Wildman–Crippen MR) is 62.8 cm³/mol. The first-order valence-corrected chi connectivity index (χ1v) is 5.51. The number of hydrogen-bond acceptors (Lipinski definition) is 2. The van der Waals surface area contributed by atoms with Gasteiger partial charge in [-0.3, -0.25) is 0 Å². The third-order valence-electron chi connectivity index (χ3n) is 2.21. The van der Waals surface area contributed by atoms with Gasteiger partial charge in [-0.05, 0) is 49.6 Å². The minimum atomic E-state index is 0.717. The predicted octanol–water partition coefficient (Wildman–Crippen LogP) is 2.66. The minimum Gasteiger partial charge on any atom is -0.496 e. The van der Waals surface area contributed by atoms with E-state index in [4.69, 9.17) is 10.5 Å². The molecule has 0 atom stereocenters. The monoisotopic (exact) mass is 257 g/mol. The average Bonchev–Trinajstić information content (AvgIpc) is 2.19. The summed E-state index contributed by atoms with van der Waals surface area (Å²) in [4.78, 5) is 0. The first kappa shape index (κ1) is 11.5. The van der Waals surface area contributed by atoms with E-state index in [9.17, 15) is 0 Å². The van der Waals surface area contributed by atoms with Crippen LogP contribution >= 0.6 is 15.9 Å². The Morgan fingerprint density at radius 2 is 2.14 bits per heavy atom. The highest BCUT2D eigenvalue weighted by Crippen LogP contribution is 2.27. The number of rotatable bonds is 4. The Balaban J connectivity index is 2.95. The molecule has 14 heavy (non-hydrogen) atoms. The molecule has 0 fully saturated rings. The summed E-state index contributed by atoms with van der Waals surface area (Å²) in [5.41, 5.74) is 7.89. The van der Waals surface area contributed by atoms with Gasteiger partial charge in [0.2, 0.25) is 0 Å². The third-order valence-corrected chi connectivity index (χ3v) is 3.07. The molecule has 0 saturated heterocycles. The van der Waals surface area contributed by atoms with E-state index in [0.717, 1.165) is 23.1 Å². The largest absolute Gasteiger partial charge is 0.496 e. The van der Waals surface area contributed by atoms with E-state index in [2.05, 4.69) is 35.0 Å². The van der Waals surface area contributed by atoms with Gasteiger partial charge < -0.3 is 10.5 Å². The SMILES string of the molecule is COc1cc(C)c(Br)cc1CCCN. The van der Waals surface area contributed by atoms with E-state index in [1.807, 2.05) is 0 Å². The number of aryl methyl sites for hydroxylation is 2. The average molecular weight is 258 g/mol. The van der Waals surface area contributed by atoms with Gasteiger partial charge in [-0.2, -0.15) is 0 Å².